The number of thiophene rings is 1. The van der Waals surface area contributed by atoms with Gasteiger partial charge in [0.1, 0.15) is 0 Å². The van der Waals surface area contributed by atoms with Crippen LogP contribution in [0.4, 0.5) is 0 Å². The van der Waals surface area contributed by atoms with E-state index in [4.69, 9.17) is 0 Å². The first-order valence-corrected chi connectivity index (χ1v) is 8.67. The summed E-state index contributed by atoms with van der Waals surface area (Å²) in [7, 11) is 0. The van der Waals surface area contributed by atoms with Crippen LogP contribution < -0.4 is 5.43 Å². The van der Waals surface area contributed by atoms with Crippen molar-refractivity contribution in [1.82, 2.24) is 5.43 Å². The molecule has 1 aromatic heterocycles. The van der Waals surface area contributed by atoms with Crippen LogP contribution in [-0.2, 0) is 12.8 Å². The van der Waals surface area contributed by atoms with Gasteiger partial charge < -0.3 is 0 Å². The van der Waals surface area contributed by atoms with Crippen molar-refractivity contribution in [2.24, 2.45) is 22.9 Å². The van der Waals surface area contributed by atoms with Crippen LogP contribution in [0.2, 0.25) is 0 Å². The fourth-order valence-electron chi connectivity index (χ4n) is 3.66. The van der Waals surface area contributed by atoms with E-state index in [1.807, 2.05) is 0 Å². The number of carbonyl (C=O) groups excluding carboxylic acids is 1. The third kappa shape index (κ3) is 2.35. The van der Waals surface area contributed by atoms with Gasteiger partial charge in [0.2, 0.25) is 0 Å². The molecule has 0 spiro atoms. The summed E-state index contributed by atoms with van der Waals surface area (Å²) in [6.07, 6.45) is 10.1. The number of rotatable bonds is 2. The largest absolute Gasteiger partial charge is 0.281 e. The van der Waals surface area contributed by atoms with E-state index in [0.29, 0.717) is 11.8 Å². The molecule has 3 aliphatic rings. The number of aryl methyl sites for hydroxylation is 1. The number of fused-ring (bicyclic) bond motifs is 2. The number of hydrazone groups is 1. The maximum Gasteiger partial charge on any atom is 0.281 e. The number of amides is 1. The normalized spacial score (nSPS) is 31.7. The summed E-state index contributed by atoms with van der Waals surface area (Å²) in [4.78, 5) is 14.5. The van der Waals surface area contributed by atoms with E-state index in [1.54, 1.807) is 11.3 Å². The van der Waals surface area contributed by atoms with Crippen molar-refractivity contribution in [3.8, 4) is 0 Å². The molecule has 3 atom stereocenters. The van der Waals surface area contributed by atoms with Gasteiger partial charge in [-0.2, -0.15) is 5.10 Å². The minimum atomic E-state index is -0.0380. The lowest BCUT2D eigenvalue weighted by Crippen LogP contribution is -2.35. The molecule has 3 aliphatic carbocycles. The summed E-state index contributed by atoms with van der Waals surface area (Å²) in [5.41, 5.74) is 5.30. The highest BCUT2D eigenvalue weighted by Crippen LogP contribution is 2.40. The molecule has 1 fully saturated rings. The lowest BCUT2D eigenvalue weighted by Gasteiger charge is -2.31. The molecule has 110 valence electrons. The first-order chi connectivity index (χ1) is 10.2. The molecule has 1 heterocycles. The maximum atomic E-state index is 12.3. The summed E-state index contributed by atoms with van der Waals surface area (Å²) < 4.78 is 0. The van der Waals surface area contributed by atoms with Crippen molar-refractivity contribution in [2.75, 3.05) is 0 Å². The highest BCUT2D eigenvalue weighted by atomic mass is 32.1. The van der Waals surface area contributed by atoms with Crippen LogP contribution in [0, 0.1) is 17.8 Å². The van der Waals surface area contributed by atoms with E-state index in [0.717, 1.165) is 42.2 Å². The molecule has 0 aromatic carbocycles. The van der Waals surface area contributed by atoms with Crippen molar-refractivity contribution in [1.29, 1.82) is 0 Å². The van der Waals surface area contributed by atoms with Gasteiger partial charge in [0.05, 0.1) is 4.88 Å². The monoisotopic (exact) mass is 300 g/mol. The molecule has 0 radical (unpaired) electrons. The van der Waals surface area contributed by atoms with E-state index in [-0.39, 0.29) is 5.91 Å². The molecule has 0 aliphatic heterocycles. The SMILES string of the molecule is CC1CCc2sc(C(=O)NN=C3CC4C=CCC34)cc2C1. The van der Waals surface area contributed by atoms with Gasteiger partial charge in [-0.15, -0.1) is 11.3 Å². The molecular weight excluding hydrogens is 280 g/mol. The number of hydrogen-bond donors (Lipinski definition) is 1. The van der Waals surface area contributed by atoms with E-state index < -0.39 is 0 Å². The molecular formula is C17H20N2OS. The highest BCUT2D eigenvalue weighted by molar-refractivity contribution is 7.14. The van der Waals surface area contributed by atoms with Gasteiger partial charge >= 0.3 is 0 Å². The lowest BCUT2D eigenvalue weighted by atomic mass is 9.74. The molecule has 4 heteroatoms. The average molecular weight is 300 g/mol. The molecule has 3 unspecified atom stereocenters. The Labute approximate surface area is 129 Å². The van der Waals surface area contributed by atoms with Gasteiger partial charge in [0.25, 0.3) is 5.91 Å². The number of nitrogens with zero attached hydrogens (tertiary/aromatic N) is 1. The van der Waals surface area contributed by atoms with Gasteiger partial charge in [-0.3, -0.25) is 4.79 Å². The quantitative estimate of drug-likeness (QED) is 0.658. The minimum Gasteiger partial charge on any atom is -0.266 e. The Kier molecular flexibility index (Phi) is 3.21. The van der Waals surface area contributed by atoms with E-state index in [9.17, 15) is 4.79 Å². The predicted octanol–water partition coefficient (Wildman–Crippen LogP) is 3.55. The Morgan fingerprint density at radius 2 is 2.33 bits per heavy atom. The van der Waals surface area contributed by atoms with Gasteiger partial charge in [0.15, 0.2) is 0 Å². The topological polar surface area (TPSA) is 41.5 Å². The van der Waals surface area contributed by atoms with Gasteiger partial charge in [-0.1, -0.05) is 19.1 Å². The van der Waals surface area contributed by atoms with Crippen molar-refractivity contribution >= 4 is 23.0 Å². The van der Waals surface area contributed by atoms with Crippen LogP contribution in [0.15, 0.2) is 23.3 Å². The molecule has 1 amide bonds. The van der Waals surface area contributed by atoms with Crippen LogP contribution in [0.1, 0.15) is 46.3 Å². The standard InChI is InChI=1S/C17H20N2OS/c1-10-5-6-15-12(7-10)9-16(21-15)17(20)19-18-14-8-11-3-2-4-13(11)14/h2-3,9-11,13H,4-8H2,1H3,(H,19,20). The molecule has 0 bridgehead atoms. The summed E-state index contributed by atoms with van der Waals surface area (Å²) in [5.74, 6) is 1.94. The fraction of sp³-hybridized carbons (Fsp3) is 0.529. The third-order valence-electron chi connectivity index (χ3n) is 5.02. The number of carbonyl (C=O) groups is 1. The molecule has 1 N–H and O–H groups in total. The third-order valence-corrected chi connectivity index (χ3v) is 6.25. The summed E-state index contributed by atoms with van der Waals surface area (Å²) >= 11 is 1.65. The van der Waals surface area contributed by atoms with Gasteiger partial charge in [-0.25, -0.2) is 5.43 Å². The Hall–Kier alpha value is -1.42. The Bertz CT molecular complexity index is 643. The second-order valence-electron chi connectivity index (χ2n) is 6.59. The van der Waals surface area contributed by atoms with Crippen LogP contribution in [0.25, 0.3) is 0 Å². The molecule has 0 saturated heterocycles. The highest BCUT2D eigenvalue weighted by Gasteiger charge is 2.38. The Morgan fingerprint density at radius 3 is 3.19 bits per heavy atom. The van der Waals surface area contributed by atoms with Crippen LogP contribution in [-0.4, -0.2) is 11.6 Å². The van der Waals surface area contributed by atoms with E-state index in [1.165, 1.54) is 16.9 Å². The van der Waals surface area contributed by atoms with Crippen LogP contribution in [0.5, 0.6) is 0 Å². The summed E-state index contributed by atoms with van der Waals surface area (Å²) in [6.45, 7) is 2.29. The maximum absolute atomic E-state index is 12.3. The van der Waals surface area contributed by atoms with Crippen molar-refractivity contribution in [2.45, 2.75) is 39.0 Å². The predicted molar refractivity (Wildman–Crippen MR) is 85.8 cm³/mol. The lowest BCUT2D eigenvalue weighted by molar-refractivity contribution is 0.0958. The number of nitrogens with one attached hydrogen (secondary N) is 1. The van der Waals surface area contributed by atoms with Crippen LogP contribution >= 0.6 is 11.3 Å². The van der Waals surface area contributed by atoms with Crippen LogP contribution in [0.3, 0.4) is 0 Å². The molecule has 1 aromatic rings. The zero-order chi connectivity index (χ0) is 14.4. The zero-order valence-electron chi connectivity index (χ0n) is 12.3. The van der Waals surface area contributed by atoms with Gasteiger partial charge in [0, 0.05) is 16.5 Å². The summed E-state index contributed by atoms with van der Waals surface area (Å²) in [5, 5.41) is 4.35. The Morgan fingerprint density at radius 1 is 1.43 bits per heavy atom. The summed E-state index contributed by atoms with van der Waals surface area (Å²) in [6, 6.07) is 2.08. The zero-order valence-corrected chi connectivity index (χ0v) is 13.1. The van der Waals surface area contributed by atoms with Crippen molar-refractivity contribution in [3.63, 3.8) is 0 Å². The van der Waals surface area contributed by atoms with Crippen molar-refractivity contribution < 1.29 is 4.79 Å². The molecule has 1 saturated carbocycles. The first kappa shape index (κ1) is 13.3. The molecule has 4 rings (SSSR count). The first-order valence-electron chi connectivity index (χ1n) is 7.85. The number of allylic oxidation sites excluding steroid dienone is 2. The fourth-order valence-corrected chi connectivity index (χ4v) is 4.76. The second-order valence-corrected chi connectivity index (χ2v) is 7.73. The smallest absolute Gasteiger partial charge is 0.266 e. The Balaban J connectivity index is 1.43. The molecule has 21 heavy (non-hydrogen) atoms. The van der Waals surface area contributed by atoms with Gasteiger partial charge in [-0.05, 0) is 55.6 Å². The second kappa shape index (κ2) is 5.09. The number of hydrogen-bond acceptors (Lipinski definition) is 3. The van der Waals surface area contributed by atoms with E-state index in [2.05, 4.69) is 35.7 Å². The molecule has 3 nitrogen and oxygen atoms in total. The van der Waals surface area contributed by atoms with Crippen molar-refractivity contribution in [3.05, 3.63) is 33.5 Å². The van der Waals surface area contributed by atoms with E-state index >= 15 is 0 Å². The average Bonchev–Trinajstić information content (AvgIpc) is 3.02. The minimum absolute atomic E-state index is 0.0380.